The van der Waals surface area contributed by atoms with Gasteiger partial charge in [-0.3, -0.25) is 9.59 Å². The summed E-state index contributed by atoms with van der Waals surface area (Å²) in [5, 5.41) is 6.89. The summed E-state index contributed by atoms with van der Waals surface area (Å²) in [4.78, 5) is 19.1. The smallest absolute Gasteiger partial charge is 0.302 e. The standard InChI is InChI=1S/C15H20O2.CH2O2/c1-12(16)17-11-13-7-9-15(10-8-13)14-5-3-2-4-6-14;2-1-3/h7-10,14H,2-6,11H2,1H3;1H,(H,2,3). The summed E-state index contributed by atoms with van der Waals surface area (Å²) in [6.07, 6.45) is 6.76. The molecular formula is C16H22O4. The fraction of sp³-hybridized carbons (Fsp3) is 0.500. The molecule has 1 aliphatic carbocycles. The van der Waals surface area contributed by atoms with Gasteiger partial charge in [0.1, 0.15) is 6.61 Å². The molecule has 0 aromatic heterocycles. The molecule has 1 N–H and O–H groups in total. The van der Waals surface area contributed by atoms with Crippen LogP contribution in [0.15, 0.2) is 24.3 Å². The zero-order chi connectivity index (χ0) is 14.8. The highest BCUT2D eigenvalue weighted by atomic mass is 16.5. The molecule has 0 bridgehead atoms. The molecule has 1 aromatic carbocycles. The van der Waals surface area contributed by atoms with Crippen molar-refractivity contribution >= 4 is 12.4 Å². The van der Waals surface area contributed by atoms with Crippen LogP contribution in [0, 0.1) is 0 Å². The molecule has 0 atom stereocenters. The monoisotopic (exact) mass is 278 g/mol. The summed E-state index contributed by atoms with van der Waals surface area (Å²) in [5.41, 5.74) is 2.51. The molecule has 0 radical (unpaired) electrons. The van der Waals surface area contributed by atoms with E-state index in [9.17, 15) is 4.79 Å². The molecule has 0 spiro atoms. The summed E-state index contributed by atoms with van der Waals surface area (Å²) in [6.45, 7) is 1.58. The van der Waals surface area contributed by atoms with Crippen LogP contribution in [0.3, 0.4) is 0 Å². The van der Waals surface area contributed by atoms with Crippen LogP contribution >= 0.6 is 0 Å². The zero-order valence-corrected chi connectivity index (χ0v) is 11.9. The number of esters is 1. The minimum absolute atomic E-state index is 0.221. The van der Waals surface area contributed by atoms with Crippen LogP contribution in [-0.2, 0) is 20.9 Å². The van der Waals surface area contributed by atoms with E-state index in [1.807, 2.05) is 0 Å². The van der Waals surface area contributed by atoms with Gasteiger partial charge < -0.3 is 9.84 Å². The van der Waals surface area contributed by atoms with E-state index >= 15 is 0 Å². The number of carbonyl (C=O) groups is 2. The van der Waals surface area contributed by atoms with Crippen molar-refractivity contribution in [3.05, 3.63) is 35.4 Å². The van der Waals surface area contributed by atoms with Crippen LogP contribution in [0.5, 0.6) is 0 Å². The largest absolute Gasteiger partial charge is 0.483 e. The Bertz CT molecular complexity index is 405. The van der Waals surface area contributed by atoms with Crippen molar-refractivity contribution in [1.82, 2.24) is 0 Å². The number of carboxylic acid groups (broad SMARTS) is 1. The number of benzene rings is 1. The quantitative estimate of drug-likeness (QED) is 0.679. The highest BCUT2D eigenvalue weighted by Crippen LogP contribution is 2.32. The maximum atomic E-state index is 10.7. The third-order valence-electron chi connectivity index (χ3n) is 3.50. The maximum Gasteiger partial charge on any atom is 0.302 e. The SMILES string of the molecule is CC(=O)OCc1ccc(C2CCCCC2)cc1.O=CO. The molecule has 2 rings (SSSR count). The van der Waals surface area contributed by atoms with Gasteiger partial charge in [0.05, 0.1) is 0 Å². The predicted octanol–water partition coefficient (Wildman–Crippen LogP) is 3.50. The Morgan fingerprint density at radius 3 is 2.30 bits per heavy atom. The second kappa shape index (κ2) is 9.13. The Labute approximate surface area is 119 Å². The van der Waals surface area contributed by atoms with Crippen molar-refractivity contribution in [2.75, 3.05) is 0 Å². The average Bonchev–Trinajstić information content (AvgIpc) is 2.47. The normalized spacial score (nSPS) is 14.8. The molecule has 0 amide bonds. The van der Waals surface area contributed by atoms with Crippen LogP contribution in [0.25, 0.3) is 0 Å². The lowest BCUT2D eigenvalue weighted by atomic mass is 9.84. The first kappa shape index (κ1) is 16.2. The van der Waals surface area contributed by atoms with Crippen LogP contribution < -0.4 is 0 Å². The van der Waals surface area contributed by atoms with Gasteiger partial charge in [0.2, 0.25) is 0 Å². The average molecular weight is 278 g/mol. The maximum absolute atomic E-state index is 10.7. The van der Waals surface area contributed by atoms with E-state index in [0.717, 1.165) is 11.5 Å². The third kappa shape index (κ3) is 5.87. The molecule has 4 nitrogen and oxygen atoms in total. The van der Waals surface area contributed by atoms with Crippen LogP contribution in [-0.4, -0.2) is 17.5 Å². The first-order valence-electron chi connectivity index (χ1n) is 6.97. The Morgan fingerprint density at radius 1 is 1.25 bits per heavy atom. The van der Waals surface area contributed by atoms with Gasteiger partial charge in [0.15, 0.2) is 0 Å². The lowest BCUT2D eigenvalue weighted by Gasteiger charge is -2.22. The van der Waals surface area contributed by atoms with Crippen molar-refractivity contribution in [1.29, 1.82) is 0 Å². The Morgan fingerprint density at radius 2 is 1.80 bits per heavy atom. The minimum Gasteiger partial charge on any atom is -0.483 e. The number of rotatable bonds is 3. The van der Waals surface area contributed by atoms with E-state index < -0.39 is 0 Å². The molecule has 1 aromatic rings. The van der Waals surface area contributed by atoms with Gasteiger partial charge in [-0.15, -0.1) is 0 Å². The topological polar surface area (TPSA) is 63.6 Å². The van der Waals surface area contributed by atoms with Gasteiger partial charge in [-0.05, 0) is 29.9 Å². The summed E-state index contributed by atoms with van der Waals surface area (Å²) < 4.78 is 4.97. The lowest BCUT2D eigenvalue weighted by Crippen LogP contribution is -2.04. The van der Waals surface area contributed by atoms with Crippen molar-refractivity contribution in [2.45, 2.75) is 51.6 Å². The zero-order valence-electron chi connectivity index (χ0n) is 11.9. The first-order valence-corrected chi connectivity index (χ1v) is 6.97. The number of hydrogen-bond donors (Lipinski definition) is 1. The molecule has 20 heavy (non-hydrogen) atoms. The van der Waals surface area contributed by atoms with Gasteiger partial charge in [0, 0.05) is 6.92 Å². The second-order valence-electron chi connectivity index (χ2n) is 4.96. The molecule has 0 unspecified atom stereocenters. The molecule has 4 heteroatoms. The van der Waals surface area contributed by atoms with Crippen molar-refractivity contribution in [3.8, 4) is 0 Å². The highest BCUT2D eigenvalue weighted by molar-refractivity contribution is 5.65. The fourth-order valence-electron chi connectivity index (χ4n) is 2.51. The molecule has 0 saturated heterocycles. The van der Waals surface area contributed by atoms with Gasteiger partial charge >= 0.3 is 5.97 Å². The van der Waals surface area contributed by atoms with Crippen molar-refractivity contribution in [2.24, 2.45) is 0 Å². The summed E-state index contributed by atoms with van der Waals surface area (Å²) in [5.74, 6) is 0.521. The fourth-order valence-corrected chi connectivity index (χ4v) is 2.51. The van der Waals surface area contributed by atoms with E-state index in [1.54, 1.807) is 0 Å². The van der Waals surface area contributed by atoms with Crippen LogP contribution in [0.2, 0.25) is 0 Å². The van der Waals surface area contributed by atoms with Gasteiger partial charge in [-0.1, -0.05) is 43.5 Å². The second-order valence-corrected chi connectivity index (χ2v) is 4.96. The number of ether oxygens (including phenoxy) is 1. The van der Waals surface area contributed by atoms with Gasteiger partial charge in [-0.2, -0.15) is 0 Å². The Balaban J connectivity index is 0.000000612. The highest BCUT2D eigenvalue weighted by Gasteiger charge is 2.14. The van der Waals surface area contributed by atoms with Gasteiger partial charge in [0.25, 0.3) is 6.47 Å². The summed E-state index contributed by atoms with van der Waals surface area (Å²) in [7, 11) is 0. The van der Waals surface area contributed by atoms with Crippen molar-refractivity contribution in [3.63, 3.8) is 0 Å². The Kier molecular flexibility index (Phi) is 7.40. The molecule has 0 aliphatic heterocycles. The van der Waals surface area contributed by atoms with Gasteiger partial charge in [-0.25, -0.2) is 0 Å². The van der Waals surface area contributed by atoms with E-state index in [4.69, 9.17) is 14.6 Å². The van der Waals surface area contributed by atoms with Crippen LogP contribution in [0.4, 0.5) is 0 Å². The summed E-state index contributed by atoms with van der Waals surface area (Å²) in [6, 6.07) is 8.53. The Hall–Kier alpha value is -1.84. The molecular weight excluding hydrogens is 256 g/mol. The van der Waals surface area contributed by atoms with E-state index in [0.29, 0.717) is 6.61 Å². The molecule has 0 heterocycles. The number of hydrogen-bond acceptors (Lipinski definition) is 3. The van der Waals surface area contributed by atoms with Crippen molar-refractivity contribution < 1.29 is 19.4 Å². The molecule has 110 valence electrons. The summed E-state index contributed by atoms with van der Waals surface area (Å²) >= 11 is 0. The predicted molar refractivity (Wildman–Crippen MR) is 76.4 cm³/mol. The minimum atomic E-state index is -0.250. The third-order valence-corrected chi connectivity index (χ3v) is 3.50. The van der Waals surface area contributed by atoms with E-state index in [-0.39, 0.29) is 12.4 Å². The van der Waals surface area contributed by atoms with Crippen LogP contribution in [0.1, 0.15) is 56.1 Å². The first-order chi connectivity index (χ1) is 9.67. The molecule has 1 aliphatic rings. The lowest BCUT2D eigenvalue weighted by molar-refractivity contribution is -0.142. The van der Waals surface area contributed by atoms with E-state index in [2.05, 4.69) is 24.3 Å². The van der Waals surface area contributed by atoms with E-state index in [1.165, 1.54) is 44.6 Å². The number of carbonyl (C=O) groups excluding carboxylic acids is 1. The molecule has 1 saturated carbocycles. The molecule has 1 fully saturated rings.